The molecule has 1 aromatic carbocycles. The van der Waals surface area contributed by atoms with E-state index in [-0.39, 0.29) is 48.7 Å². The van der Waals surface area contributed by atoms with Gasteiger partial charge in [-0.05, 0) is 31.0 Å². The zero-order valence-electron chi connectivity index (χ0n) is 14.8. The molecule has 1 amide bonds. The topological polar surface area (TPSA) is 58.4 Å². The van der Waals surface area contributed by atoms with Crippen molar-refractivity contribution in [3.8, 4) is 0 Å². The molecular weight excluding hydrogens is 390 g/mol. The molecule has 3 N–H and O–H groups in total. The Labute approximate surface area is 164 Å². The lowest BCUT2D eigenvalue weighted by Gasteiger charge is -2.20. The van der Waals surface area contributed by atoms with Crippen LogP contribution in [0.4, 0.5) is 13.2 Å². The summed E-state index contributed by atoms with van der Waals surface area (Å²) in [7, 11) is 0. The smallest absolute Gasteiger partial charge is 0.352 e. The molecule has 3 unspecified atom stereocenters. The number of nitrogens with zero attached hydrogens (tertiary/aromatic N) is 1. The fourth-order valence-electron chi connectivity index (χ4n) is 2.72. The highest BCUT2D eigenvalue weighted by Crippen LogP contribution is 2.29. The lowest BCUT2D eigenvalue weighted by Crippen LogP contribution is -2.44. The number of benzene rings is 1. The van der Waals surface area contributed by atoms with Crippen LogP contribution in [0.25, 0.3) is 0 Å². The molecule has 1 aliphatic rings. The first-order valence-electron chi connectivity index (χ1n) is 8.11. The summed E-state index contributed by atoms with van der Waals surface area (Å²) >= 11 is 0. The molecule has 9 heteroatoms. The summed E-state index contributed by atoms with van der Waals surface area (Å²) in [5.41, 5.74) is 5.93. The van der Waals surface area contributed by atoms with E-state index in [9.17, 15) is 18.0 Å². The highest BCUT2D eigenvalue weighted by atomic mass is 35.5. The molecule has 1 fully saturated rings. The molecule has 0 aliphatic carbocycles. The fraction of sp³-hybridized carbons (Fsp3) is 0.588. The van der Waals surface area contributed by atoms with Gasteiger partial charge in [-0.2, -0.15) is 13.2 Å². The third kappa shape index (κ3) is 6.95. The number of rotatable bonds is 5. The zero-order chi connectivity index (χ0) is 17.9. The summed E-state index contributed by atoms with van der Waals surface area (Å²) in [5, 5.41) is 3.00. The Morgan fingerprint density at radius 3 is 2.35 bits per heavy atom. The number of hydrogen-bond acceptors (Lipinski definition) is 3. The standard InChI is InChI=1S/C17H24F3N3O.2ClH/c1-11(12(2)21)16(24)22-15-7-8-23(10-15)9-13-3-5-14(6-4-13)17(18,19)20;;/h3-6,11-12,15H,7-10,21H2,1-2H3,(H,22,24);2*1H. The molecule has 1 aromatic rings. The molecule has 0 aromatic heterocycles. The summed E-state index contributed by atoms with van der Waals surface area (Å²) in [5.74, 6) is -0.291. The quantitative estimate of drug-likeness (QED) is 0.775. The van der Waals surface area contributed by atoms with Crippen LogP contribution >= 0.6 is 24.8 Å². The second-order valence-corrected chi connectivity index (χ2v) is 6.57. The summed E-state index contributed by atoms with van der Waals surface area (Å²) in [6, 6.07) is 5.09. The van der Waals surface area contributed by atoms with E-state index in [0.717, 1.165) is 30.7 Å². The molecule has 0 radical (unpaired) electrons. The van der Waals surface area contributed by atoms with Crippen LogP contribution in [0, 0.1) is 5.92 Å². The van der Waals surface area contributed by atoms with Gasteiger partial charge >= 0.3 is 6.18 Å². The maximum atomic E-state index is 12.6. The summed E-state index contributed by atoms with van der Waals surface area (Å²) < 4.78 is 37.7. The van der Waals surface area contributed by atoms with Gasteiger partial charge in [0.1, 0.15) is 0 Å². The van der Waals surface area contributed by atoms with Gasteiger partial charge in [0.05, 0.1) is 5.56 Å². The number of carbonyl (C=O) groups excluding carboxylic acids is 1. The van der Waals surface area contributed by atoms with Gasteiger partial charge in [0.25, 0.3) is 0 Å². The number of nitrogens with one attached hydrogen (secondary N) is 1. The molecule has 0 bridgehead atoms. The second-order valence-electron chi connectivity index (χ2n) is 6.57. The Morgan fingerprint density at radius 1 is 1.27 bits per heavy atom. The molecule has 1 heterocycles. The molecule has 3 atom stereocenters. The average molecular weight is 416 g/mol. The van der Waals surface area contributed by atoms with E-state index in [1.165, 1.54) is 12.1 Å². The van der Waals surface area contributed by atoms with Crippen molar-refractivity contribution in [3.05, 3.63) is 35.4 Å². The fourth-order valence-corrected chi connectivity index (χ4v) is 2.72. The van der Waals surface area contributed by atoms with E-state index in [1.54, 1.807) is 13.8 Å². The number of nitrogens with two attached hydrogens (primary N) is 1. The predicted octanol–water partition coefficient (Wildman–Crippen LogP) is 3.22. The highest BCUT2D eigenvalue weighted by Gasteiger charge is 2.30. The van der Waals surface area contributed by atoms with Crippen LogP contribution in [0.15, 0.2) is 24.3 Å². The first-order valence-corrected chi connectivity index (χ1v) is 8.11. The minimum atomic E-state index is -4.31. The first-order chi connectivity index (χ1) is 11.2. The second kappa shape index (κ2) is 10.3. The van der Waals surface area contributed by atoms with Crippen LogP contribution in [-0.4, -0.2) is 36.0 Å². The number of hydrogen-bond donors (Lipinski definition) is 2. The SMILES string of the molecule is CC(N)C(C)C(=O)NC1CCN(Cc2ccc(C(F)(F)F)cc2)C1.Cl.Cl. The Kier molecular flexibility index (Phi) is 9.94. The van der Waals surface area contributed by atoms with Gasteiger partial charge in [0.15, 0.2) is 0 Å². The summed E-state index contributed by atoms with van der Waals surface area (Å²) in [4.78, 5) is 14.1. The van der Waals surface area contributed by atoms with Gasteiger partial charge in [-0.3, -0.25) is 9.69 Å². The van der Waals surface area contributed by atoms with Crippen LogP contribution in [0.5, 0.6) is 0 Å². The third-order valence-electron chi connectivity index (χ3n) is 4.51. The number of alkyl halides is 3. The van der Waals surface area contributed by atoms with Crippen LogP contribution in [0.1, 0.15) is 31.4 Å². The zero-order valence-corrected chi connectivity index (χ0v) is 16.4. The Balaban J connectivity index is 0.00000312. The number of likely N-dealkylation sites (tertiary alicyclic amines) is 1. The molecule has 1 saturated heterocycles. The third-order valence-corrected chi connectivity index (χ3v) is 4.51. The van der Waals surface area contributed by atoms with E-state index in [4.69, 9.17) is 5.73 Å². The summed E-state index contributed by atoms with van der Waals surface area (Å²) in [6.07, 6.45) is -3.48. The monoisotopic (exact) mass is 415 g/mol. The van der Waals surface area contributed by atoms with E-state index >= 15 is 0 Å². The summed E-state index contributed by atoms with van der Waals surface area (Å²) in [6.45, 7) is 5.68. The van der Waals surface area contributed by atoms with Crippen LogP contribution < -0.4 is 11.1 Å². The van der Waals surface area contributed by atoms with Gasteiger partial charge < -0.3 is 11.1 Å². The number of carbonyl (C=O) groups is 1. The predicted molar refractivity (Wildman–Crippen MR) is 101 cm³/mol. The maximum Gasteiger partial charge on any atom is 0.416 e. The molecule has 0 saturated carbocycles. The van der Waals surface area contributed by atoms with Crippen molar-refractivity contribution in [2.45, 2.75) is 45.1 Å². The molecule has 26 heavy (non-hydrogen) atoms. The van der Waals surface area contributed by atoms with Crippen LogP contribution in [0.3, 0.4) is 0 Å². The Hall–Kier alpha value is -1.02. The van der Waals surface area contributed by atoms with E-state index in [1.807, 2.05) is 0 Å². The van der Waals surface area contributed by atoms with Crippen LogP contribution in [0.2, 0.25) is 0 Å². The largest absolute Gasteiger partial charge is 0.416 e. The number of amides is 1. The molecule has 0 spiro atoms. The number of halogens is 5. The maximum absolute atomic E-state index is 12.6. The molecule has 2 rings (SSSR count). The molecule has 1 aliphatic heterocycles. The van der Waals surface area contributed by atoms with Crippen molar-refractivity contribution in [2.24, 2.45) is 11.7 Å². The van der Waals surface area contributed by atoms with Crippen molar-refractivity contribution in [2.75, 3.05) is 13.1 Å². The minimum absolute atomic E-state index is 0. The van der Waals surface area contributed by atoms with Gasteiger partial charge in [-0.1, -0.05) is 19.1 Å². The van der Waals surface area contributed by atoms with Gasteiger partial charge in [0, 0.05) is 37.6 Å². The highest BCUT2D eigenvalue weighted by molar-refractivity contribution is 5.85. The van der Waals surface area contributed by atoms with E-state index in [2.05, 4.69) is 10.2 Å². The van der Waals surface area contributed by atoms with E-state index in [0.29, 0.717) is 13.1 Å². The minimum Gasteiger partial charge on any atom is -0.352 e. The van der Waals surface area contributed by atoms with Gasteiger partial charge in [-0.25, -0.2) is 0 Å². The lowest BCUT2D eigenvalue weighted by atomic mass is 10.0. The molecular formula is C17H26Cl2F3N3O. The first kappa shape index (κ1) is 25.0. The Morgan fingerprint density at radius 2 is 1.85 bits per heavy atom. The van der Waals surface area contributed by atoms with Crippen molar-refractivity contribution < 1.29 is 18.0 Å². The van der Waals surface area contributed by atoms with Crippen molar-refractivity contribution in [1.82, 2.24) is 10.2 Å². The molecule has 150 valence electrons. The normalized spacial score (nSPS) is 19.8. The lowest BCUT2D eigenvalue weighted by molar-refractivity contribution is -0.137. The van der Waals surface area contributed by atoms with Crippen molar-refractivity contribution in [3.63, 3.8) is 0 Å². The average Bonchev–Trinajstić information content (AvgIpc) is 2.93. The van der Waals surface area contributed by atoms with Gasteiger partial charge in [0.2, 0.25) is 5.91 Å². The van der Waals surface area contributed by atoms with E-state index < -0.39 is 11.7 Å². The van der Waals surface area contributed by atoms with Crippen LogP contribution in [-0.2, 0) is 17.5 Å². The molecule has 4 nitrogen and oxygen atoms in total. The van der Waals surface area contributed by atoms with Crippen molar-refractivity contribution in [1.29, 1.82) is 0 Å². The van der Waals surface area contributed by atoms with Gasteiger partial charge in [-0.15, -0.1) is 24.8 Å². The van der Waals surface area contributed by atoms with Crippen molar-refractivity contribution >= 4 is 30.7 Å². The Bertz CT molecular complexity index is 567.